The van der Waals surface area contributed by atoms with Crippen molar-refractivity contribution >= 4 is 55.9 Å². The molecule has 0 spiro atoms. The van der Waals surface area contributed by atoms with Gasteiger partial charge in [-0.15, -0.1) is 21.5 Å². The fraction of sp³-hybridized carbons (Fsp3) is 0.250. The maximum atomic E-state index is 12.4. The summed E-state index contributed by atoms with van der Waals surface area (Å²) in [6, 6.07) is 9.58. The Morgan fingerprint density at radius 1 is 1.41 bits per heavy atom. The van der Waals surface area contributed by atoms with Gasteiger partial charge in [0.15, 0.2) is 5.82 Å². The average Bonchev–Trinajstić information content (AvgIpc) is 3.27. The Kier molecular flexibility index (Phi) is 7.89. The number of nitrogen functional groups attached to an aromatic ring is 1. The monoisotopic (exact) mass is 534 g/mol. The van der Waals surface area contributed by atoms with E-state index in [1.807, 2.05) is 30.3 Å². The first kappa shape index (κ1) is 23.8. The second kappa shape index (κ2) is 10.6. The number of nitrogens with one attached hydrogen (secondary N) is 1. The molecule has 0 aliphatic rings. The van der Waals surface area contributed by atoms with E-state index in [2.05, 4.69) is 31.4 Å². The number of nitrogens with zero attached hydrogens (tertiary/aromatic N) is 4. The first-order valence-corrected chi connectivity index (χ1v) is 12.0. The lowest BCUT2D eigenvalue weighted by Gasteiger charge is -2.05. The molecule has 3 N–H and O–H groups in total. The van der Waals surface area contributed by atoms with Crippen LogP contribution in [-0.4, -0.2) is 39.1 Å². The highest BCUT2D eigenvalue weighted by atomic mass is 79.9. The lowest BCUT2D eigenvalue weighted by molar-refractivity contribution is -0.115. The van der Waals surface area contributed by atoms with Crippen LogP contribution in [0, 0.1) is 18.3 Å². The number of carbonyl (C=O) groups excluding carboxylic acids is 2. The van der Waals surface area contributed by atoms with Crippen LogP contribution in [0.4, 0.5) is 5.00 Å². The Balaban J connectivity index is 1.61. The minimum Gasteiger partial charge on any atom is -0.462 e. The number of benzene rings is 1. The number of thiophene rings is 1. The molecule has 0 fully saturated rings. The minimum atomic E-state index is -0.508. The van der Waals surface area contributed by atoms with Crippen molar-refractivity contribution in [3.05, 3.63) is 44.7 Å². The third-order valence-corrected chi connectivity index (χ3v) is 6.91. The van der Waals surface area contributed by atoms with Crippen molar-refractivity contribution in [2.75, 3.05) is 23.5 Å². The minimum absolute atomic E-state index is 0.153. The molecule has 0 unspecified atom stereocenters. The number of aromatic nitrogens is 3. The number of amides is 1. The van der Waals surface area contributed by atoms with Gasteiger partial charge in [-0.2, -0.15) is 5.26 Å². The highest BCUT2D eigenvalue weighted by molar-refractivity contribution is 9.10. The predicted molar refractivity (Wildman–Crippen MR) is 127 cm³/mol. The van der Waals surface area contributed by atoms with Gasteiger partial charge in [0.25, 0.3) is 0 Å². The molecule has 32 heavy (non-hydrogen) atoms. The topological polar surface area (TPSA) is 136 Å². The van der Waals surface area contributed by atoms with E-state index in [1.165, 1.54) is 16.4 Å². The smallest absolute Gasteiger partial charge is 0.348 e. The summed E-state index contributed by atoms with van der Waals surface area (Å²) in [5.74, 6) is 6.22. The van der Waals surface area contributed by atoms with Crippen LogP contribution in [0.15, 0.2) is 33.9 Å². The molecule has 1 aromatic carbocycles. The lowest BCUT2D eigenvalue weighted by atomic mass is 10.2. The Labute approximate surface area is 201 Å². The Hall–Kier alpha value is -2.88. The molecule has 1 amide bonds. The summed E-state index contributed by atoms with van der Waals surface area (Å²) in [6.45, 7) is 3.59. The molecule has 0 aliphatic heterocycles. The first-order chi connectivity index (χ1) is 15.3. The molecule has 12 heteroatoms. The first-order valence-electron chi connectivity index (χ1n) is 9.45. The van der Waals surface area contributed by atoms with Crippen LogP contribution in [0.2, 0.25) is 0 Å². The zero-order chi connectivity index (χ0) is 23.3. The molecule has 9 nitrogen and oxygen atoms in total. The number of hydrogen-bond acceptors (Lipinski definition) is 9. The SMILES string of the molecule is CCOC(=O)c1sc(NC(=O)CCSc2nnc(-c3cccc(Br)c3)n2N)c(C#N)c1C. The van der Waals surface area contributed by atoms with Gasteiger partial charge in [0.2, 0.25) is 11.1 Å². The molecule has 166 valence electrons. The molecule has 2 aromatic heterocycles. The van der Waals surface area contributed by atoms with Crippen molar-refractivity contribution in [3.63, 3.8) is 0 Å². The van der Waals surface area contributed by atoms with Gasteiger partial charge in [-0.05, 0) is 31.5 Å². The molecule has 0 saturated heterocycles. The normalized spacial score (nSPS) is 10.6. The van der Waals surface area contributed by atoms with Crippen molar-refractivity contribution < 1.29 is 14.3 Å². The van der Waals surface area contributed by atoms with Crippen LogP contribution >= 0.6 is 39.0 Å². The molecular weight excluding hydrogens is 516 g/mol. The van der Waals surface area contributed by atoms with Gasteiger partial charge in [-0.3, -0.25) is 4.79 Å². The summed E-state index contributed by atoms with van der Waals surface area (Å²) in [4.78, 5) is 24.8. The van der Waals surface area contributed by atoms with Crippen molar-refractivity contribution in [1.29, 1.82) is 5.26 Å². The standard InChI is InChI=1S/C20H19BrN6O3S2/c1-3-30-19(29)16-11(2)14(10-22)18(32-16)24-15(28)7-8-31-20-26-25-17(27(20)23)12-5-4-6-13(21)9-12/h4-6,9H,3,7-8,23H2,1-2H3,(H,24,28). The van der Waals surface area contributed by atoms with E-state index in [-0.39, 0.29) is 24.5 Å². The van der Waals surface area contributed by atoms with Gasteiger partial charge in [-0.25, -0.2) is 9.47 Å². The second-order valence-electron chi connectivity index (χ2n) is 6.43. The molecule has 0 saturated carbocycles. The number of ether oxygens (including phenoxy) is 1. The van der Waals surface area contributed by atoms with Crippen LogP contribution in [0.25, 0.3) is 11.4 Å². The van der Waals surface area contributed by atoms with E-state index < -0.39 is 5.97 Å². The fourth-order valence-electron chi connectivity index (χ4n) is 2.75. The summed E-state index contributed by atoms with van der Waals surface area (Å²) in [7, 11) is 0. The van der Waals surface area contributed by atoms with E-state index in [1.54, 1.807) is 13.8 Å². The van der Waals surface area contributed by atoms with Crippen LogP contribution in [0.3, 0.4) is 0 Å². The summed E-state index contributed by atoms with van der Waals surface area (Å²) >= 11 is 5.74. The fourth-order valence-corrected chi connectivity index (χ4v) is 5.01. The number of thioether (sulfide) groups is 1. The van der Waals surface area contributed by atoms with E-state index in [4.69, 9.17) is 10.6 Å². The predicted octanol–water partition coefficient (Wildman–Crippen LogP) is 3.96. The molecule has 2 heterocycles. The molecule has 0 aliphatic carbocycles. The molecule has 0 radical (unpaired) electrons. The summed E-state index contributed by atoms with van der Waals surface area (Å²) in [6.07, 6.45) is 0.153. The zero-order valence-corrected chi connectivity index (χ0v) is 20.4. The molecular formula is C20H19BrN6O3S2. The highest BCUT2D eigenvalue weighted by Crippen LogP contribution is 2.33. The number of nitrogens with two attached hydrogens (primary N) is 1. The van der Waals surface area contributed by atoms with Crippen LogP contribution in [0.5, 0.6) is 0 Å². The summed E-state index contributed by atoms with van der Waals surface area (Å²) in [5.41, 5.74) is 1.57. The number of rotatable bonds is 8. The van der Waals surface area contributed by atoms with Crippen molar-refractivity contribution in [1.82, 2.24) is 14.9 Å². The number of hydrogen-bond donors (Lipinski definition) is 2. The highest BCUT2D eigenvalue weighted by Gasteiger charge is 2.22. The third kappa shape index (κ3) is 5.29. The van der Waals surface area contributed by atoms with Crippen molar-refractivity contribution in [3.8, 4) is 17.5 Å². The van der Waals surface area contributed by atoms with Gasteiger partial charge in [0.1, 0.15) is 15.9 Å². The number of carbonyl (C=O) groups is 2. The Morgan fingerprint density at radius 3 is 2.88 bits per heavy atom. The quantitative estimate of drug-likeness (QED) is 0.251. The van der Waals surface area contributed by atoms with Gasteiger partial charge in [0, 0.05) is 22.2 Å². The molecule has 0 bridgehead atoms. The largest absolute Gasteiger partial charge is 0.462 e. The molecule has 3 aromatic rings. The maximum Gasteiger partial charge on any atom is 0.348 e. The summed E-state index contributed by atoms with van der Waals surface area (Å²) in [5, 5.41) is 21.2. The van der Waals surface area contributed by atoms with Crippen LogP contribution < -0.4 is 11.2 Å². The van der Waals surface area contributed by atoms with Crippen LogP contribution in [0.1, 0.15) is 34.1 Å². The third-order valence-electron chi connectivity index (χ3n) is 4.28. The van der Waals surface area contributed by atoms with Gasteiger partial charge in [-0.1, -0.05) is 39.8 Å². The van der Waals surface area contributed by atoms with Crippen molar-refractivity contribution in [2.45, 2.75) is 25.4 Å². The van der Waals surface area contributed by atoms with Crippen molar-refractivity contribution in [2.24, 2.45) is 0 Å². The number of esters is 1. The van der Waals surface area contributed by atoms with Gasteiger partial charge < -0.3 is 15.9 Å². The second-order valence-corrected chi connectivity index (χ2v) is 9.42. The van der Waals surface area contributed by atoms with E-state index >= 15 is 0 Å². The summed E-state index contributed by atoms with van der Waals surface area (Å²) < 4.78 is 7.29. The zero-order valence-electron chi connectivity index (χ0n) is 17.2. The number of nitriles is 1. The van der Waals surface area contributed by atoms with Crippen LogP contribution in [-0.2, 0) is 9.53 Å². The lowest BCUT2D eigenvalue weighted by Crippen LogP contribution is -2.14. The maximum absolute atomic E-state index is 12.4. The molecule has 0 atom stereocenters. The Morgan fingerprint density at radius 2 is 2.19 bits per heavy atom. The van der Waals surface area contributed by atoms with Gasteiger partial charge >= 0.3 is 5.97 Å². The van der Waals surface area contributed by atoms with Gasteiger partial charge in [0.05, 0.1) is 12.2 Å². The Bertz CT molecular complexity index is 1200. The van der Waals surface area contributed by atoms with E-state index in [0.717, 1.165) is 21.4 Å². The molecule has 3 rings (SSSR count). The number of anilines is 1. The van der Waals surface area contributed by atoms with E-state index in [0.29, 0.717) is 32.2 Å². The van der Waals surface area contributed by atoms with E-state index in [9.17, 15) is 14.9 Å². The average molecular weight is 535 g/mol. The number of halogens is 1.